The first-order chi connectivity index (χ1) is 8.77. The lowest BCUT2D eigenvalue weighted by atomic mass is 10.1. The van der Waals surface area contributed by atoms with E-state index in [2.05, 4.69) is 11.4 Å². The van der Waals surface area contributed by atoms with Gasteiger partial charge < -0.3 is 10.1 Å². The molecule has 4 heteroatoms. The van der Waals surface area contributed by atoms with Crippen molar-refractivity contribution in [1.82, 2.24) is 5.32 Å². The molecule has 0 amide bonds. The average Bonchev–Trinajstić information content (AvgIpc) is 2.39. The minimum Gasteiger partial charge on any atom is -0.466 e. The number of esters is 1. The van der Waals surface area contributed by atoms with Crippen LogP contribution in [0.3, 0.4) is 0 Å². The Morgan fingerprint density at radius 1 is 1.44 bits per heavy atom. The van der Waals surface area contributed by atoms with E-state index in [0.29, 0.717) is 25.1 Å². The Balaban J connectivity index is 2.22. The minimum absolute atomic E-state index is 0.156. The maximum absolute atomic E-state index is 11.1. The maximum atomic E-state index is 11.1. The molecule has 4 nitrogen and oxygen atoms in total. The molecule has 1 aromatic rings. The fourth-order valence-corrected chi connectivity index (χ4v) is 1.60. The lowest BCUT2D eigenvalue weighted by Gasteiger charge is -2.06. The molecule has 0 aliphatic heterocycles. The third kappa shape index (κ3) is 4.98. The zero-order chi connectivity index (χ0) is 13.2. The SMILES string of the molecule is CCOC(=O)CCCNCc1ccccc1C#N. The Morgan fingerprint density at radius 2 is 2.22 bits per heavy atom. The van der Waals surface area contributed by atoms with Gasteiger partial charge in [0.1, 0.15) is 0 Å². The fourth-order valence-electron chi connectivity index (χ4n) is 1.60. The largest absolute Gasteiger partial charge is 0.466 e. The Morgan fingerprint density at radius 3 is 2.94 bits per heavy atom. The number of nitrogens with one attached hydrogen (secondary N) is 1. The quantitative estimate of drug-likeness (QED) is 0.590. The molecule has 0 atom stereocenters. The molecule has 0 bridgehead atoms. The van der Waals surface area contributed by atoms with Crippen LogP contribution in [0.2, 0.25) is 0 Å². The lowest BCUT2D eigenvalue weighted by Crippen LogP contribution is -2.17. The predicted octanol–water partition coefficient (Wildman–Crippen LogP) is 1.99. The molecule has 0 saturated heterocycles. The molecule has 0 fully saturated rings. The molecule has 0 radical (unpaired) electrons. The molecule has 0 spiro atoms. The summed E-state index contributed by atoms with van der Waals surface area (Å²) in [5, 5.41) is 12.1. The minimum atomic E-state index is -0.156. The van der Waals surface area contributed by atoms with Gasteiger partial charge in [-0.15, -0.1) is 0 Å². The molecule has 18 heavy (non-hydrogen) atoms. The van der Waals surface area contributed by atoms with Crippen LogP contribution in [0, 0.1) is 11.3 Å². The fraction of sp³-hybridized carbons (Fsp3) is 0.429. The number of hydrogen-bond donors (Lipinski definition) is 1. The second-order valence-electron chi connectivity index (χ2n) is 3.85. The zero-order valence-corrected chi connectivity index (χ0v) is 10.6. The van der Waals surface area contributed by atoms with Crippen molar-refractivity contribution in [1.29, 1.82) is 5.26 Å². The Labute approximate surface area is 108 Å². The van der Waals surface area contributed by atoms with Crippen molar-refractivity contribution in [3.63, 3.8) is 0 Å². The van der Waals surface area contributed by atoms with Crippen LogP contribution in [0.25, 0.3) is 0 Å². The van der Waals surface area contributed by atoms with Crippen LogP contribution < -0.4 is 5.32 Å². The van der Waals surface area contributed by atoms with E-state index >= 15 is 0 Å². The highest BCUT2D eigenvalue weighted by Crippen LogP contribution is 2.06. The van der Waals surface area contributed by atoms with E-state index in [9.17, 15) is 4.79 Å². The van der Waals surface area contributed by atoms with Gasteiger partial charge in [-0.1, -0.05) is 18.2 Å². The lowest BCUT2D eigenvalue weighted by molar-refractivity contribution is -0.143. The van der Waals surface area contributed by atoms with Crippen molar-refractivity contribution in [2.75, 3.05) is 13.2 Å². The first kappa shape index (κ1) is 14.2. The molecule has 0 aliphatic rings. The van der Waals surface area contributed by atoms with Gasteiger partial charge in [0.05, 0.1) is 18.2 Å². The summed E-state index contributed by atoms with van der Waals surface area (Å²) in [6.07, 6.45) is 1.17. The summed E-state index contributed by atoms with van der Waals surface area (Å²) in [6.45, 7) is 3.61. The summed E-state index contributed by atoms with van der Waals surface area (Å²) in [5.41, 5.74) is 1.67. The summed E-state index contributed by atoms with van der Waals surface area (Å²) in [6, 6.07) is 9.65. The molecule has 1 N–H and O–H groups in total. The van der Waals surface area contributed by atoms with Gasteiger partial charge in [-0.05, 0) is 31.5 Å². The number of nitrogens with zero attached hydrogens (tertiary/aromatic N) is 1. The highest BCUT2D eigenvalue weighted by Gasteiger charge is 2.02. The number of carbonyl (C=O) groups is 1. The average molecular weight is 246 g/mol. The van der Waals surface area contributed by atoms with Gasteiger partial charge in [0.2, 0.25) is 0 Å². The molecule has 0 unspecified atom stereocenters. The predicted molar refractivity (Wildman–Crippen MR) is 68.7 cm³/mol. The second-order valence-corrected chi connectivity index (χ2v) is 3.85. The highest BCUT2D eigenvalue weighted by atomic mass is 16.5. The Kier molecular flexibility index (Phi) is 6.52. The summed E-state index contributed by atoms with van der Waals surface area (Å²) < 4.78 is 4.83. The van der Waals surface area contributed by atoms with E-state index in [1.54, 1.807) is 13.0 Å². The Bertz CT molecular complexity index is 424. The molecular weight excluding hydrogens is 228 g/mol. The van der Waals surface area contributed by atoms with Gasteiger partial charge in [0, 0.05) is 13.0 Å². The van der Waals surface area contributed by atoms with Crippen LogP contribution in [0.1, 0.15) is 30.9 Å². The normalized spacial score (nSPS) is 9.78. The van der Waals surface area contributed by atoms with Crippen molar-refractivity contribution in [2.45, 2.75) is 26.3 Å². The monoisotopic (exact) mass is 246 g/mol. The third-order valence-corrected chi connectivity index (χ3v) is 2.49. The maximum Gasteiger partial charge on any atom is 0.305 e. The topological polar surface area (TPSA) is 62.1 Å². The highest BCUT2D eigenvalue weighted by molar-refractivity contribution is 5.69. The summed E-state index contributed by atoms with van der Waals surface area (Å²) in [4.78, 5) is 11.1. The summed E-state index contributed by atoms with van der Waals surface area (Å²) in [7, 11) is 0. The first-order valence-corrected chi connectivity index (χ1v) is 6.12. The molecule has 96 valence electrons. The van der Waals surface area contributed by atoms with Gasteiger partial charge in [-0.25, -0.2) is 0 Å². The van der Waals surface area contributed by atoms with Crippen LogP contribution in [-0.4, -0.2) is 19.1 Å². The molecular formula is C14H18N2O2. The van der Waals surface area contributed by atoms with Crippen LogP contribution >= 0.6 is 0 Å². The molecule has 1 aromatic carbocycles. The number of nitriles is 1. The first-order valence-electron chi connectivity index (χ1n) is 6.12. The van der Waals surface area contributed by atoms with Gasteiger partial charge in [0.15, 0.2) is 0 Å². The van der Waals surface area contributed by atoms with Gasteiger partial charge >= 0.3 is 5.97 Å². The summed E-state index contributed by atoms with van der Waals surface area (Å²) >= 11 is 0. The van der Waals surface area contributed by atoms with Gasteiger partial charge in [-0.2, -0.15) is 5.26 Å². The Hall–Kier alpha value is -1.86. The van der Waals surface area contributed by atoms with E-state index in [1.807, 2.05) is 18.2 Å². The van der Waals surface area contributed by atoms with E-state index in [0.717, 1.165) is 18.5 Å². The summed E-state index contributed by atoms with van der Waals surface area (Å²) in [5.74, 6) is -0.156. The third-order valence-electron chi connectivity index (χ3n) is 2.49. The van der Waals surface area contributed by atoms with Crippen LogP contribution in [0.4, 0.5) is 0 Å². The smallest absolute Gasteiger partial charge is 0.305 e. The zero-order valence-electron chi connectivity index (χ0n) is 10.6. The van der Waals surface area contributed by atoms with E-state index in [4.69, 9.17) is 10.00 Å². The molecule has 0 aliphatic carbocycles. The van der Waals surface area contributed by atoms with E-state index < -0.39 is 0 Å². The van der Waals surface area contributed by atoms with Crippen molar-refractivity contribution in [3.8, 4) is 6.07 Å². The van der Waals surface area contributed by atoms with Gasteiger partial charge in [-0.3, -0.25) is 4.79 Å². The van der Waals surface area contributed by atoms with Gasteiger partial charge in [0.25, 0.3) is 0 Å². The van der Waals surface area contributed by atoms with Crippen LogP contribution in [0.5, 0.6) is 0 Å². The number of rotatable bonds is 7. The standard InChI is InChI=1S/C14H18N2O2/c1-2-18-14(17)8-5-9-16-11-13-7-4-3-6-12(13)10-15/h3-4,6-7,16H,2,5,8-9,11H2,1H3. The van der Waals surface area contributed by atoms with Crippen molar-refractivity contribution in [3.05, 3.63) is 35.4 Å². The second kappa shape index (κ2) is 8.26. The molecule has 0 aromatic heterocycles. The van der Waals surface area contributed by atoms with Crippen LogP contribution in [0.15, 0.2) is 24.3 Å². The number of carbonyl (C=O) groups excluding carboxylic acids is 1. The number of hydrogen-bond acceptors (Lipinski definition) is 4. The van der Waals surface area contributed by atoms with Crippen molar-refractivity contribution >= 4 is 5.97 Å². The van der Waals surface area contributed by atoms with Crippen molar-refractivity contribution < 1.29 is 9.53 Å². The molecule has 0 saturated carbocycles. The number of benzene rings is 1. The van der Waals surface area contributed by atoms with E-state index in [-0.39, 0.29) is 5.97 Å². The number of ether oxygens (including phenoxy) is 1. The van der Waals surface area contributed by atoms with E-state index in [1.165, 1.54) is 0 Å². The van der Waals surface area contributed by atoms with Crippen LogP contribution in [-0.2, 0) is 16.1 Å². The van der Waals surface area contributed by atoms with Crippen molar-refractivity contribution in [2.24, 2.45) is 0 Å². The molecule has 0 heterocycles. The molecule has 1 rings (SSSR count).